The smallest absolute Gasteiger partial charge is 0.138 e. The first-order chi connectivity index (χ1) is 6.29. The second kappa shape index (κ2) is 3.90. The second-order valence-electron chi connectivity index (χ2n) is 3.46. The predicted molar refractivity (Wildman–Crippen MR) is 54.0 cm³/mol. The molecule has 0 amide bonds. The standard InChI is InChI=1S/C8H12ClN3S/c1-2-6-3-12(4-6)5-7-8(9)13-11-10-7/h6H,2-5H2,1H3. The average molecular weight is 218 g/mol. The van der Waals surface area contributed by atoms with E-state index in [1.54, 1.807) is 0 Å². The Bertz CT molecular complexity index is 283. The van der Waals surface area contributed by atoms with Crippen LogP contribution in [0.5, 0.6) is 0 Å². The van der Waals surface area contributed by atoms with E-state index in [1.807, 2.05) is 0 Å². The molecule has 0 saturated carbocycles. The van der Waals surface area contributed by atoms with Gasteiger partial charge in [-0.15, -0.1) is 5.10 Å². The van der Waals surface area contributed by atoms with Crippen molar-refractivity contribution in [2.75, 3.05) is 13.1 Å². The van der Waals surface area contributed by atoms with Gasteiger partial charge in [0.1, 0.15) is 10.0 Å². The fourth-order valence-electron chi connectivity index (χ4n) is 1.57. The zero-order chi connectivity index (χ0) is 9.26. The van der Waals surface area contributed by atoms with E-state index in [9.17, 15) is 0 Å². The van der Waals surface area contributed by atoms with E-state index in [0.29, 0.717) is 0 Å². The van der Waals surface area contributed by atoms with Crippen LogP contribution in [0.4, 0.5) is 0 Å². The van der Waals surface area contributed by atoms with Gasteiger partial charge in [-0.2, -0.15) is 0 Å². The highest BCUT2D eigenvalue weighted by Crippen LogP contribution is 2.24. The van der Waals surface area contributed by atoms with Gasteiger partial charge in [0.25, 0.3) is 0 Å². The van der Waals surface area contributed by atoms with Gasteiger partial charge in [0.2, 0.25) is 0 Å². The molecule has 0 bridgehead atoms. The first kappa shape index (κ1) is 9.37. The van der Waals surface area contributed by atoms with Crippen LogP contribution in [0.1, 0.15) is 19.0 Å². The molecule has 1 aliphatic heterocycles. The van der Waals surface area contributed by atoms with Gasteiger partial charge in [-0.3, -0.25) is 4.90 Å². The highest BCUT2D eigenvalue weighted by atomic mass is 35.5. The van der Waals surface area contributed by atoms with Gasteiger partial charge in [0.15, 0.2) is 0 Å². The van der Waals surface area contributed by atoms with E-state index in [1.165, 1.54) is 31.0 Å². The Kier molecular flexibility index (Phi) is 2.81. The lowest BCUT2D eigenvalue weighted by Crippen LogP contribution is -2.45. The molecular weight excluding hydrogens is 206 g/mol. The molecule has 0 N–H and O–H groups in total. The summed E-state index contributed by atoms with van der Waals surface area (Å²) in [5.41, 5.74) is 0.932. The van der Waals surface area contributed by atoms with Crippen molar-refractivity contribution >= 4 is 23.1 Å². The third-order valence-corrected chi connectivity index (χ3v) is 3.48. The maximum absolute atomic E-state index is 5.90. The van der Waals surface area contributed by atoms with Crippen molar-refractivity contribution in [1.82, 2.24) is 14.5 Å². The first-order valence-electron chi connectivity index (χ1n) is 4.48. The van der Waals surface area contributed by atoms with Crippen LogP contribution in [0.25, 0.3) is 0 Å². The number of hydrogen-bond donors (Lipinski definition) is 0. The molecule has 1 saturated heterocycles. The molecule has 0 spiro atoms. The summed E-state index contributed by atoms with van der Waals surface area (Å²) in [6.45, 7) is 5.47. The van der Waals surface area contributed by atoms with E-state index in [0.717, 1.165) is 22.5 Å². The lowest BCUT2D eigenvalue weighted by atomic mass is 9.97. The number of halogens is 1. The molecule has 0 atom stereocenters. The molecular formula is C8H12ClN3S. The molecule has 0 radical (unpaired) electrons. The molecule has 0 aromatic carbocycles. The SMILES string of the molecule is CCC1CN(Cc2nnsc2Cl)C1. The zero-order valence-electron chi connectivity index (χ0n) is 7.53. The minimum Gasteiger partial charge on any atom is -0.297 e. The normalized spacial score (nSPS) is 18.9. The van der Waals surface area contributed by atoms with Crippen molar-refractivity contribution in [3.05, 3.63) is 10.0 Å². The number of rotatable bonds is 3. The quantitative estimate of drug-likeness (QED) is 0.776. The minimum absolute atomic E-state index is 0.736. The minimum atomic E-state index is 0.736. The molecule has 1 aromatic rings. The Labute approximate surface area is 86.9 Å². The monoisotopic (exact) mass is 217 g/mol. The van der Waals surface area contributed by atoms with Gasteiger partial charge in [0, 0.05) is 31.2 Å². The summed E-state index contributed by atoms with van der Waals surface area (Å²) in [7, 11) is 0. The van der Waals surface area contributed by atoms with Crippen molar-refractivity contribution in [2.45, 2.75) is 19.9 Å². The van der Waals surface area contributed by atoms with E-state index in [4.69, 9.17) is 11.6 Å². The summed E-state index contributed by atoms with van der Waals surface area (Å²) in [5, 5.41) is 3.98. The zero-order valence-corrected chi connectivity index (χ0v) is 9.11. The van der Waals surface area contributed by atoms with Crippen molar-refractivity contribution in [1.29, 1.82) is 0 Å². The number of hydrogen-bond acceptors (Lipinski definition) is 4. The maximum atomic E-state index is 5.90. The Morgan fingerprint density at radius 1 is 1.62 bits per heavy atom. The lowest BCUT2D eigenvalue weighted by Gasteiger charge is -2.38. The number of nitrogens with zero attached hydrogens (tertiary/aromatic N) is 3. The van der Waals surface area contributed by atoms with Crippen LogP contribution in [0.2, 0.25) is 4.34 Å². The van der Waals surface area contributed by atoms with Crippen LogP contribution in [-0.4, -0.2) is 27.6 Å². The van der Waals surface area contributed by atoms with Gasteiger partial charge < -0.3 is 0 Å². The second-order valence-corrected chi connectivity index (χ2v) is 4.82. The summed E-state index contributed by atoms with van der Waals surface area (Å²) in [4.78, 5) is 2.36. The molecule has 5 heteroatoms. The number of aromatic nitrogens is 2. The summed E-state index contributed by atoms with van der Waals surface area (Å²) < 4.78 is 4.54. The summed E-state index contributed by atoms with van der Waals surface area (Å²) in [6.07, 6.45) is 1.28. The van der Waals surface area contributed by atoms with Gasteiger partial charge in [0.05, 0.1) is 0 Å². The topological polar surface area (TPSA) is 29.0 Å². The van der Waals surface area contributed by atoms with Gasteiger partial charge in [-0.25, -0.2) is 0 Å². The Balaban J connectivity index is 1.84. The molecule has 2 heterocycles. The number of likely N-dealkylation sites (tertiary alicyclic amines) is 1. The lowest BCUT2D eigenvalue weighted by molar-refractivity contribution is 0.0885. The van der Waals surface area contributed by atoms with Gasteiger partial charge >= 0.3 is 0 Å². The fourth-order valence-corrected chi connectivity index (χ4v) is 2.18. The Morgan fingerprint density at radius 2 is 2.38 bits per heavy atom. The van der Waals surface area contributed by atoms with Crippen LogP contribution < -0.4 is 0 Å². The largest absolute Gasteiger partial charge is 0.297 e. The maximum Gasteiger partial charge on any atom is 0.138 e. The molecule has 13 heavy (non-hydrogen) atoms. The molecule has 1 aromatic heterocycles. The average Bonchev–Trinajstić information content (AvgIpc) is 2.43. The van der Waals surface area contributed by atoms with Crippen molar-refractivity contribution in [3.63, 3.8) is 0 Å². The van der Waals surface area contributed by atoms with Gasteiger partial charge in [-0.1, -0.05) is 29.4 Å². The van der Waals surface area contributed by atoms with Crippen LogP contribution >= 0.6 is 23.1 Å². The summed E-state index contributed by atoms with van der Waals surface area (Å²) in [6, 6.07) is 0. The summed E-state index contributed by atoms with van der Waals surface area (Å²) in [5.74, 6) is 0.880. The predicted octanol–water partition coefficient (Wildman–Crippen LogP) is 2.03. The third kappa shape index (κ3) is 2.00. The first-order valence-corrected chi connectivity index (χ1v) is 5.63. The fraction of sp³-hybridized carbons (Fsp3) is 0.750. The molecule has 3 nitrogen and oxygen atoms in total. The van der Waals surface area contributed by atoms with Crippen LogP contribution in [0.15, 0.2) is 0 Å². The molecule has 0 aliphatic carbocycles. The summed E-state index contributed by atoms with van der Waals surface area (Å²) >= 11 is 7.17. The van der Waals surface area contributed by atoms with Crippen LogP contribution in [0.3, 0.4) is 0 Å². The Morgan fingerprint density at radius 3 is 2.92 bits per heavy atom. The van der Waals surface area contributed by atoms with Crippen LogP contribution in [-0.2, 0) is 6.54 Å². The van der Waals surface area contributed by atoms with Crippen molar-refractivity contribution in [2.24, 2.45) is 5.92 Å². The van der Waals surface area contributed by atoms with E-state index < -0.39 is 0 Å². The Hall–Kier alpha value is -0.190. The van der Waals surface area contributed by atoms with E-state index in [-0.39, 0.29) is 0 Å². The van der Waals surface area contributed by atoms with Crippen molar-refractivity contribution < 1.29 is 0 Å². The molecule has 1 fully saturated rings. The van der Waals surface area contributed by atoms with E-state index in [2.05, 4.69) is 21.4 Å². The van der Waals surface area contributed by atoms with Crippen molar-refractivity contribution in [3.8, 4) is 0 Å². The molecule has 72 valence electrons. The molecule has 2 rings (SSSR count). The molecule has 1 aliphatic rings. The van der Waals surface area contributed by atoms with Crippen LogP contribution in [0, 0.1) is 5.92 Å². The third-order valence-electron chi connectivity index (χ3n) is 2.49. The highest BCUT2D eigenvalue weighted by Gasteiger charge is 2.25. The van der Waals surface area contributed by atoms with E-state index >= 15 is 0 Å². The van der Waals surface area contributed by atoms with Gasteiger partial charge in [-0.05, 0) is 5.92 Å². The highest BCUT2D eigenvalue weighted by molar-refractivity contribution is 7.10. The molecule has 0 unspecified atom stereocenters.